The van der Waals surface area contributed by atoms with Crippen LogP contribution < -0.4 is 5.32 Å². The SMILES string of the molecule is CCC(CC)NC(=O)CSc1nnc(-c2ccccc2)o1. The Morgan fingerprint density at radius 1 is 1.24 bits per heavy atom. The molecule has 2 aromatic rings. The lowest BCUT2D eigenvalue weighted by molar-refractivity contribution is -0.119. The van der Waals surface area contributed by atoms with Gasteiger partial charge in [-0.25, -0.2) is 0 Å². The molecule has 112 valence electrons. The molecule has 0 saturated heterocycles. The number of benzene rings is 1. The van der Waals surface area contributed by atoms with Crippen molar-refractivity contribution in [1.29, 1.82) is 0 Å². The number of amides is 1. The number of nitrogens with zero attached hydrogens (tertiary/aromatic N) is 2. The summed E-state index contributed by atoms with van der Waals surface area (Å²) in [5.41, 5.74) is 0.873. The van der Waals surface area contributed by atoms with Crippen LogP contribution in [0.2, 0.25) is 0 Å². The summed E-state index contributed by atoms with van der Waals surface area (Å²) >= 11 is 1.25. The Balaban J connectivity index is 1.87. The highest BCUT2D eigenvalue weighted by molar-refractivity contribution is 7.99. The van der Waals surface area contributed by atoms with Gasteiger partial charge in [0, 0.05) is 11.6 Å². The van der Waals surface area contributed by atoms with E-state index in [2.05, 4.69) is 29.4 Å². The zero-order valence-corrected chi connectivity index (χ0v) is 13.0. The third kappa shape index (κ3) is 4.60. The fourth-order valence-corrected chi connectivity index (χ4v) is 2.43. The lowest BCUT2D eigenvalue weighted by atomic mass is 10.2. The van der Waals surface area contributed by atoms with Gasteiger partial charge in [-0.15, -0.1) is 10.2 Å². The molecule has 5 nitrogen and oxygen atoms in total. The van der Waals surface area contributed by atoms with E-state index in [1.54, 1.807) is 0 Å². The highest BCUT2D eigenvalue weighted by Gasteiger charge is 2.12. The molecule has 0 fully saturated rings. The van der Waals surface area contributed by atoms with Crippen LogP contribution in [0.4, 0.5) is 0 Å². The summed E-state index contributed by atoms with van der Waals surface area (Å²) in [4.78, 5) is 11.8. The number of aromatic nitrogens is 2. The van der Waals surface area contributed by atoms with Crippen molar-refractivity contribution in [1.82, 2.24) is 15.5 Å². The predicted molar refractivity (Wildman–Crippen MR) is 83.0 cm³/mol. The van der Waals surface area contributed by atoms with Crippen molar-refractivity contribution < 1.29 is 9.21 Å². The van der Waals surface area contributed by atoms with Crippen LogP contribution in [0.3, 0.4) is 0 Å². The van der Waals surface area contributed by atoms with Gasteiger partial charge in [0.05, 0.1) is 5.75 Å². The minimum atomic E-state index is -0.00633. The standard InChI is InChI=1S/C15H19N3O2S/c1-3-12(4-2)16-13(19)10-21-15-18-17-14(20-15)11-8-6-5-7-9-11/h5-9,12H,3-4,10H2,1-2H3,(H,16,19). The highest BCUT2D eigenvalue weighted by atomic mass is 32.2. The second-order valence-corrected chi connectivity index (χ2v) is 5.54. The monoisotopic (exact) mass is 305 g/mol. The van der Waals surface area contributed by atoms with Crippen molar-refractivity contribution in [2.45, 2.75) is 38.0 Å². The van der Waals surface area contributed by atoms with Crippen molar-refractivity contribution in [3.8, 4) is 11.5 Å². The van der Waals surface area contributed by atoms with E-state index in [0.717, 1.165) is 18.4 Å². The van der Waals surface area contributed by atoms with E-state index in [9.17, 15) is 4.79 Å². The third-order valence-electron chi connectivity index (χ3n) is 3.10. The molecule has 21 heavy (non-hydrogen) atoms. The van der Waals surface area contributed by atoms with Crippen LogP contribution in [-0.2, 0) is 4.79 Å². The summed E-state index contributed by atoms with van der Waals surface area (Å²) in [7, 11) is 0. The third-order valence-corrected chi connectivity index (χ3v) is 3.92. The second-order valence-electron chi connectivity index (χ2n) is 4.61. The maximum absolute atomic E-state index is 11.8. The predicted octanol–water partition coefficient (Wildman–Crippen LogP) is 3.13. The molecule has 0 radical (unpaired) electrons. The van der Waals surface area contributed by atoms with E-state index < -0.39 is 0 Å². The fourth-order valence-electron chi connectivity index (χ4n) is 1.85. The number of nitrogens with one attached hydrogen (secondary N) is 1. The minimum absolute atomic E-state index is 0.00633. The topological polar surface area (TPSA) is 68.0 Å². The Bertz CT molecular complexity index is 567. The average molecular weight is 305 g/mol. The van der Waals surface area contributed by atoms with Gasteiger partial charge in [0.25, 0.3) is 5.22 Å². The quantitative estimate of drug-likeness (QED) is 0.796. The minimum Gasteiger partial charge on any atom is -0.411 e. The average Bonchev–Trinajstić information content (AvgIpc) is 3.00. The molecule has 0 aliphatic heterocycles. The number of hydrogen-bond acceptors (Lipinski definition) is 5. The van der Waals surface area contributed by atoms with E-state index in [4.69, 9.17) is 4.42 Å². The number of rotatable bonds is 7. The van der Waals surface area contributed by atoms with Crippen LogP contribution in [0.5, 0.6) is 0 Å². The number of thioether (sulfide) groups is 1. The van der Waals surface area contributed by atoms with Crippen LogP contribution in [0.1, 0.15) is 26.7 Å². The molecule has 1 heterocycles. The van der Waals surface area contributed by atoms with Crippen molar-refractivity contribution >= 4 is 17.7 Å². The summed E-state index contributed by atoms with van der Waals surface area (Å²) < 4.78 is 5.54. The van der Waals surface area contributed by atoms with Crippen molar-refractivity contribution in [2.75, 3.05) is 5.75 Å². The first kappa shape index (κ1) is 15.6. The van der Waals surface area contributed by atoms with Crippen LogP contribution in [-0.4, -0.2) is 27.9 Å². The Labute approximate surface area is 128 Å². The summed E-state index contributed by atoms with van der Waals surface area (Å²) in [6.07, 6.45) is 1.87. The van der Waals surface area contributed by atoms with Gasteiger partial charge in [-0.05, 0) is 25.0 Å². The van der Waals surface area contributed by atoms with E-state index in [1.807, 2.05) is 30.3 Å². The largest absolute Gasteiger partial charge is 0.411 e. The van der Waals surface area contributed by atoms with E-state index in [1.165, 1.54) is 11.8 Å². The molecule has 0 unspecified atom stereocenters. The summed E-state index contributed by atoms with van der Waals surface area (Å²) in [5, 5.41) is 11.3. The Morgan fingerprint density at radius 2 is 1.95 bits per heavy atom. The molecular formula is C15H19N3O2S. The number of carbonyl (C=O) groups is 1. The van der Waals surface area contributed by atoms with Crippen LogP contribution in [0.15, 0.2) is 40.0 Å². The Hall–Kier alpha value is -1.82. The smallest absolute Gasteiger partial charge is 0.277 e. The number of carbonyl (C=O) groups excluding carboxylic acids is 1. The summed E-state index contributed by atoms with van der Waals surface area (Å²) in [5.74, 6) is 0.749. The summed E-state index contributed by atoms with van der Waals surface area (Å²) in [6, 6.07) is 9.80. The van der Waals surface area contributed by atoms with Gasteiger partial charge >= 0.3 is 0 Å². The van der Waals surface area contributed by atoms with Crippen molar-refractivity contribution in [2.24, 2.45) is 0 Å². The Morgan fingerprint density at radius 3 is 2.62 bits per heavy atom. The fraction of sp³-hybridized carbons (Fsp3) is 0.400. The zero-order valence-electron chi connectivity index (χ0n) is 12.2. The molecule has 0 bridgehead atoms. The van der Waals surface area contributed by atoms with Crippen molar-refractivity contribution in [3.63, 3.8) is 0 Å². The van der Waals surface area contributed by atoms with Gasteiger partial charge in [-0.2, -0.15) is 0 Å². The van der Waals surface area contributed by atoms with Crippen LogP contribution >= 0.6 is 11.8 Å². The van der Waals surface area contributed by atoms with Crippen LogP contribution in [0, 0.1) is 0 Å². The Kier molecular flexibility index (Phi) is 5.80. The molecule has 0 atom stereocenters. The van der Waals surface area contributed by atoms with E-state index in [-0.39, 0.29) is 17.7 Å². The molecule has 0 saturated carbocycles. The molecule has 6 heteroatoms. The summed E-state index contributed by atoms with van der Waals surface area (Å²) in [6.45, 7) is 4.12. The molecule has 2 rings (SSSR count). The molecule has 0 aliphatic carbocycles. The molecule has 1 aromatic heterocycles. The first-order valence-corrected chi connectivity index (χ1v) is 8.02. The first-order valence-electron chi connectivity index (χ1n) is 7.04. The van der Waals surface area contributed by atoms with E-state index in [0.29, 0.717) is 11.1 Å². The number of hydrogen-bond donors (Lipinski definition) is 1. The highest BCUT2D eigenvalue weighted by Crippen LogP contribution is 2.22. The zero-order chi connectivity index (χ0) is 15.1. The molecule has 1 amide bonds. The van der Waals surface area contributed by atoms with Gasteiger partial charge in [0.15, 0.2) is 0 Å². The van der Waals surface area contributed by atoms with Gasteiger partial charge in [0.2, 0.25) is 11.8 Å². The molecular weight excluding hydrogens is 286 g/mol. The van der Waals surface area contributed by atoms with Crippen LogP contribution in [0.25, 0.3) is 11.5 Å². The molecule has 1 N–H and O–H groups in total. The lowest BCUT2D eigenvalue weighted by Crippen LogP contribution is -2.34. The van der Waals surface area contributed by atoms with Gasteiger partial charge in [-0.3, -0.25) is 4.79 Å². The lowest BCUT2D eigenvalue weighted by Gasteiger charge is -2.13. The maximum Gasteiger partial charge on any atom is 0.277 e. The normalized spacial score (nSPS) is 10.8. The first-order chi connectivity index (χ1) is 10.2. The second kappa shape index (κ2) is 7.83. The van der Waals surface area contributed by atoms with E-state index >= 15 is 0 Å². The van der Waals surface area contributed by atoms with Gasteiger partial charge in [0.1, 0.15) is 0 Å². The van der Waals surface area contributed by atoms with Gasteiger partial charge in [-0.1, -0.05) is 43.8 Å². The van der Waals surface area contributed by atoms with Gasteiger partial charge < -0.3 is 9.73 Å². The molecule has 0 spiro atoms. The van der Waals surface area contributed by atoms with Crippen molar-refractivity contribution in [3.05, 3.63) is 30.3 Å². The molecule has 0 aliphatic rings. The maximum atomic E-state index is 11.8. The molecule has 1 aromatic carbocycles.